The molecule has 14 heavy (non-hydrogen) atoms. The first-order chi connectivity index (χ1) is 6.81. The van der Waals surface area contributed by atoms with Crippen molar-refractivity contribution in [3.8, 4) is 17.2 Å². The smallest absolute Gasteiger partial charge is 0.278 e. The van der Waals surface area contributed by atoms with Gasteiger partial charge in [0.05, 0.1) is 18.9 Å². The molecule has 2 aromatic rings. The first-order valence-electron chi connectivity index (χ1n) is 3.78. The van der Waals surface area contributed by atoms with Crippen LogP contribution in [-0.4, -0.2) is 22.3 Å². The monoisotopic (exact) mass is 303 g/mol. The van der Waals surface area contributed by atoms with E-state index < -0.39 is 0 Å². The van der Waals surface area contributed by atoms with E-state index in [2.05, 4.69) is 15.2 Å². The van der Waals surface area contributed by atoms with Crippen molar-refractivity contribution in [3.05, 3.63) is 22.4 Å². The molecule has 0 aliphatic carbocycles. The van der Waals surface area contributed by atoms with E-state index in [1.165, 1.54) is 0 Å². The highest BCUT2D eigenvalue weighted by Crippen LogP contribution is 2.27. The fourth-order valence-electron chi connectivity index (χ4n) is 1.03. The van der Waals surface area contributed by atoms with Crippen LogP contribution in [0, 0.1) is 3.90 Å². The molecule has 2 aromatic heterocycles. The summed E-state index contributed by atoms with van der Waals surface area (Å²) < 4.78 is 10.9. The third kappa shape index (κ3) is 1.69. The van der Waals surface area contributed by atoms with E-state index in [0.717, 1.165) is 5.56 Å². The molecule has 5 nitrogen and oxygen atoms in total. The van der Waals surface area contributed by atoms with Gasteiger partial charge >= 0.3 is 0 Å². The molecule has 6 heteroatoms. The van der Waals surface area contributed by atoms with Crippen LogP contribution in [0.4, 0.5) is 0 Å². The van der Waals surface area contributed by atoms with Gasteiger partial charge < -0.3 is 9.15 Å². The zero-order valence-electron chi connectivity index (χ0n) is 7.27. The van der Waals surface area contributed by atoms with Gasteiger partial charge in [-0.05, 0) is 6.07 Å². The Kier molecular flexibility index (Phi) is 2.62. The Morgan fingerprint density at radius 2 is 2.29 bits per heavy atom. The first kappa shape index (κ1) is 9.38. The predicted molar refractivity (Wildman–Crippen MR) is 56.8 cm³/mol. The van der Waals surface area contributed by atoms with Gasteiger partial charge in [0.25, 0.3) is 9.79 Å². The summed E-state index contributed by atoms with van der Waals surface area (Å²) in [6.07, 6.45) is 3.25. The molecule has 0 saturated carbocycles. The number of rotatable bonds is 2. The van der Waals surface area contributed by atoms with Crippen LogP contribution in [0.25, 0.3) is 11.5 Å². The van der Waals surface area contributed by atoms with Crippen LogP contribution < -0.4 is 4.74 Å². The summed E-state index contributed by atoms with van der Waals surface area (Å²) >= 11 is 1.95. The summed E-state index contributed by atoms with van der Waals surface area (Å²) in [5.74, 6) is 1.06. The van der Waals surface area contributed by atoms with Crippen molar-refractivity contribution in [2.24, 2.45) is 0 Å². The molecule has 0 atom stereocenters. The van der Waals surface area contributed by atoms with Crippen molar-refractivity contribution in [3.63, 3.8) is 0 Å². The molecule has 0 bridgehead atoms. The summed E-state index contributed by atoms with van der Waals surface area (Å²) in [6, 6.07) is 1.77. The van der Waals surface area contributed by atoms with Crippen molar-refractivity contribution in [1.82, 2.24) is 15.2 Å². The van der Waals surface area contributed by atoms with Gasteiger partial charge in [0.1, 0.15) is 5.75 Å². The molecule has 0 radical (unpaired) electrons. The number of ether oxygens (including phenoxy) is 1. The maximum absolute atomic E-state index is 5.27. The zero-order chi connectivity index (χ0) is 9.97. The van der Waals surface area contributed by atoms with Crippen molar-refractivity contribution in [1.29, 1.82) is 0 Å². The molecule has 0 aliphatic rings. The Balaban J connectivity index is 2.50. The normalized spacial score (nSPS) is 10.1. The lowest BCUT2D eigenvalue weighted by atomic mass is 10.2. The molecular weight excluding hydrogens is 297 g/mol. The second-order valence-corrected chi connectivity index (χ2v) is 3.36. The molecule has 0 fully saturated rings. The van der Waals surface area contributed by atoms with Gasteiger partial charge in [-0.25, -0.2) is 0 Å². The molecule has 0 aliphatic heterocycles. The highest BCUT2D eigenvalue weighted by atomic mass is 127. The number of hydrogen-bond acceptors (Lipinski definition) is 5. The van der Waals surface area contributed by atoms with Crippen molar-refractivity contribution in [2.45, 2.75) is 0 Å². The minimum atomic E-state index is 0.439. The third-order valence-corrected chi connectivity index (χ3v) is 2.07. The Bertz CT molecular complexity index is 444. The highest BCUT2D eigenvalue weighted by molar-refractivity contribution is 14.1. The predicted octanol–water partition coefficient (Wildman–Crippen LogP) is 1.74. The van der Waals surface area contributed by atoms with Crippen LogP contribution in [0.2, 0.25) is 0 Å². The average molecular weight is 303 g/mol. The number of aromatic nitrogens is 3. The molecule has 72 valence electrons. The Labute approximate surface area is 93.7 Å². The lowest BCUT2D eigenvalue weighted by Gasteiger charge is -2.02. The number of hydrogen-bond donors (Lipinski definition) is 0. The minimum Gasteiger partial charge on any atom is -0.494 e. The second-order valence-electron chi connectivity index (χ2n) is 2.44. The summed E-state index contributed by atoms with van der Waals surface area (Å²) in [7, 11) is 1.57. The molecule has 0 spiro atoms. The highest BCUT2D eigenvalue weighted by Gasteiger charge is 2.11. The van der Waals surface area contributed by atoms with Crippen LogP contribution >= 0.6 is 22.6 Å². The van der Waals surface area contributed by atoms with Crippen LogP contribution in [0.3, 0.4) is 0 Å². The van der Waals surface area contributed by atoms with Crippen molar-refractivity contribution >= 4 is 22.6 Å². The first-order valence-corrected chi connectivity index (χ1v) is 4.86. The summed E-state index contributed by atoms with van der Waals surface area (Å²) in [5, 5.41) is 7.63. The van der Waals surface area contributed by atoms with Crippen LogP contribution in [0.1, 0.15) is 0 Å². The fraction of sp³-hybridized carbons (Fsp3) is 0.125. The summed E-state index contributed by atoms with van der Waals surface area (Å²) in [6.45, 7) is 0. The molecule has 0 unspecified atom stereocenters. The van der Waals surface area contributed by atoms with Gasteiger partial charge in [0.2, 0.25) is 0 Å². The summed E-state index contributed by atoms with van der Waals surface area (Å²) in [5.41, 5.74) is 0.748. The van der Waals surface area contributed by atoms with E-state index >= 15 is 0 Å². The number of halogens is 1. The minimum absolute atomic E-state index is 0.439. The topological polar surface area (TPSA) is 61.0 Å². The average Bonchev–Trinajstić information content (AvgIpc) is 2.65. The summed E-state index contributed by atoms with van der Waals surface area (Å²) in [4.78, 5) is 3.93. The van der Waals surface area contributed by atoms with Gasteiger partial charge in [0, 0.05) is 28.8 Å². The van der Waals surface area contributed by atoms with Crippen molar-refractivity contribution < 1.29 is 9.15 Å². The van der Waals surface area contributed by atoms with Crippen LogP contribution in [0.5, 0.6) is 5.75 Å². The quantitative estimate of drug-likeness (QED) is 0.791. The SMILES string of the molecule is COc1cnccc1-c1nnc(I)o1. The number of nitrogens with zero attached hydrogens (tertiary/aromatic N) is 3. The number of methoxy groups -OCH3 is 1. The molecule has 0 N–H and O–H groups in total. The van der Waals surface area contributed by atoms with Gasteiger partial charge in [0.15, 0.2) is 0 Å². The molecule has 2 heterocycles. The van der Waals surface area contributed by atoms with E-state index in [1.54, 1.807) is 25.6 Å². The van der Waals surface area contributed by atoms with E-state index in [4.69, 9.17) is 9.15 Å². The fourth-order valence-corrected chi connectivity index (χ4v) is 1.35. The van der Waals surface area contributed by atoms with Crippen molar-refractivity contribution in [2.75, 3.05) is 7.11 Å². The zero-order valence-corrected chi connectivity index (χ0v) is 9.43. The molecule has 0 saturated heterocycles. The Morgan fingerprint density at radius 1 is 1.43 bits per heavy atom. The third-order valence-electron chi connectivity index (χ3n) is 1.64. The van der Waals surface area contributed by atoms with Crippen LogP contribution in [-0.2, 0) is 0 Å². The van der Waals surface area contributed by atoms with E-state index in [-0.39, 0.29) is 0 Å². The second kappa shape index (κ2) is 3.91. The molecule has 0 amide bonds. The van der Waals surface area contributed by atoms with Gasteiger partial charge in [-0.3, -0.25) is 4.98 Å². The maximum atomic E-state index is 5.27. The van der Waals surface area contributed by atoms with Gasteiger partial charge in [-0.1, -0.05) is 0 Å². The Hall–Kier alpha value is -1.18. The lowest BCUT2D eigenvalue weighted by Crippen LogP contribution is -1.88. The van der Waals surface area contributed by atoms with Gasteiger partial charge in [-0.15, -0.1) is 10.2 Å². The van der Waals surface area contributed by atoms with E-state index in [9.17, 15) is 0 Å². The molecule has 0 aromatic carbocycles. The Morgan fingerprint density at radius 3 is 2.93 bits per heavy atom. The van der Waals surface area contributed by atoms with Gasteiger partial charge in [-0.2, -0.15) is 0 Å². The molecule has 2 rings (SSSR count). The standard InChI is InChI=1S/C8H6IN3O2/c1-13-6-4-10-3-2-5(6)7-11-12-8(9)14-7/h2-4H,1H3. The largest absolute Gasteiger partial charge is 0.494 e. The maximum Gasteiger partial charge on any atom is 0.278 e. The number of pyridine rings is 1. The lowest BCUT2D eigenvalue weighted by molar-refractivity contribution is 0.412. The van der Waals surface area contributed by atoms with E-state index in [0.29, 0.717) is 15.5 Å². The molecular formula is C8H6IN3O2. The van der Waals surface area contributed by atoms with E-state index in [1.807, 2.05) is 22.6 Å². The van der Waals surface area contributed by atoms with Crippen LogP contribution in [0.15, 0.2) is 22.9 Å².